The molecule has 1 aliphatic rings. The Morgan fingerprint density at radius 2 is 1.65 bits per heavy atom. The topological polar surface area (TPSA) is 104 Å². The molecule has 14 heteroatoms. The van der Waals surface area contributed by atoms with Crippen molar-refractivity contribution in [2.75, 3.05) is 24.3 Å². The third-order valence-corrected chi connectivity index (χ3v) is 6.42. The largest absolute Gasteiger partial charge is 0.430 e. The molecule has 1 aromatic heterocycles. The minimum absolute atomic E-state index is 0. The zero-order chi connectivity index (χ0) is 27.1. The number of carbonyl (C=O) groups excluding carboxylic acids is 1. The molecule has 37 heavy (non-hydrogen) atoms. The van der Waals surface area contributed by atoms with Gasteiger partial charge in [0.25, 0.3) is 5.60 Å². The van der Waals surface area contributed by atoms with Gasteiger partial charge < -0.3 is 21.1 Å². The molecule has 0 saturated heterocycles. The molecule has 1 heterocycles. The summed E-state index contributed by atoms with van der Waals surface area (Å²) in [6, 6.07) is 1.99. The molecule has 1 amide bonds. The average Bonchev–Trinajstić information content (AvgIpc) is 2.78. The summed E-state index contributed by atoms with van der Waals surface area (Å²) < 4.78 is 81.8. The van der Waals surface area contributed by atoms with E-state index >= 15 is 0 Å². The SMILES string of the molecule is Cc1cnc(NC2CCC(c3cc(C(N)=O)ccc3C(O)(C(F)(F)F)C(F)(F)F)CC2)nc1N(C)C.Cl. The van der Waals surface area contributed by atoms with Crippen LogP contribution in [0.5, 0.6) is 0 Å². The van der Waals surface area contributed by atoms with Crippen molar-refractivity contribution in [1.82, 2.24) is 9.97 Å². The molecule has 0 atom stereocenters. The summed E-state index contributed by atoms with van der Waals surface area (Å²) in [5, 5.41) is 13.2. The van der Waals surface area contributed by atoms with Gasteiger partial charge in [0.1, 0.15) is 5.82 Å². The maximum absolute atomic E-state index is 13.6. The maximum Gasteiger partial charge on any atom is 0.430 e. The number of nitrogens with two attached hydrogens (primary N) is 1. The molecule has 206 valence electrons. The van der Waals surface area contributed by atoms with E-state index in [0.717, 1.165) is 17.7 Å². The van der Waals surface area contributed by atoms with Crippen LogP contribution in [-0.2, 0) is 5.60 Å². The van der Waals surface area contributed by atoms with Crippen molar-refractivity contribution in [3.63, 3.8) is 0 Å². The molecular formula is C23H28ClF6N5O2. The third-order valence-electron chi connectivity index (χ3n) is 6.42. The molecular weight excluding hydrogens is 528 g/mol. The van der Waals surface area contributed by atoms with E-state index in [-0.39, 0.29) is 36.9 Å². The number of alkyl halides is 6. The van der Waals surface area contributed by atoms with E-state index < -0.39 is 40.9 Å². The van der Waals surface area contributed by atoms with Crippen LogP contribution >= 0.6 is 12.4 Å². The van der Waals surface area contributed by atoms with Crippen molar-refractivity contribution in [2.45, 2.75) is 62.5 Å². The number of aromatic nitrogens is 2. The van der Waals surface area contributed by atoms with Gasteiger partial charge in [0.15, 0.2) is 0 Å². The highest BCUT2D eigenvalue weighted by Gasteiger charge is 2.72. The van der Waals surface area contributed by atoms with Crippen molar-refractivity contribution in [2.24, 2.45) is 5.73 Å². The fourth-order valence-electron chi connectivity index (χ4n) is 4.54. The van der Waals surface area contributed by atoms with Gasteiger partial charge in [-0.2, -0.15) is 31.3 Å². The molecule has 1 aromatic carbocycles. The van der Waals surface area contributed by atoms with Crippen LogP contribution in [0.1, 0.15) is 58.6 Å². The zero-order valence-electron chi connectivity index (χ0n) is 20.2. The molecule has 0 bridgehead atoms. The quantitative estimate of drug-likeness (QED) is 0.442. The van der Waals surface area contributed by atoms with E-state index in [0.29, 0.717) is 30.7 Å². The molecule has 1 saturated carbocycles. The summed E-state index contributed by atoms with van der Waals surface area (Å²) >= 11 is 0. The number of aliphatic hydroxyl groups is 1. The Morgan fingerprint density at radius 1 is 1.08 bits per heavy atom. The highest BCUT2D eigenvalue weighted by Crippen LogP contribution is 2.52. The van der Waals surface area contributed by atoms with Gasteiger partial charge in [-0.15, -0.1) is 12.4 Å². The lowest BCUT2D eigenvalue weighted by Gasteiger charge is -2.37. The summed E-state index contributed by atoms with van der Waals surface area (Å²) in [5.41, 5.74) is -1.01. The zero-order valence-corrected chi connectivity index (χ0v) is 21.1. The van der Waals surface area contributed by atoms with Gasteiger partial charge in [-0.05, 0) is 56.2 Å². The highest BCUT2D eigenvalue weighted by atomic mass is 35.5. The second-order valence-corrected chi connectivity index (χ2v) is 9.16. The summed E-state index contributed by atoms with van der Waals surface area (Å²) in [6.45, 7) is 1.85. The molecule has 3 rings (SSSR count). The monoisotopic (exact) mass is 555 g/mol. The van der Waals surface area contributed by atoms with E-state index in [9.17, 15) is 36.2 Å². The fraction of sp³-hybridized carbons (Fsp3) is 0.522. The van der Waals surface area contributed by atoms with Crippen molar-refractivity contribution >= 4 is 30.1 Å². The Kier molecular flexibility index (Phi) is 8.96. The number of nitrogens with one attached hydrogen (secondary N) is 1. The molecule has 1 aliphatic carbocycles. The molecule has 1 fully saturated rings. The Balaban J connectivity index is 0.00000481. The first-order chi connectivity index (χ1) is 16.6. The van der Waals surface area contributed by atoms with Gasteiger partial charge in [0.2, 0.25) is 11.9 Å². The van der Waals surface area contributed by atoms with Crippen molar-refractivity contribution in [3.05, 3.63) is 46.6 Å². The van der Waals surface area contributed by atoms with E-state index in [1.54, 1.807) is 6.20 Å². The number of rotatable bonds is 6. The minimum atomic E-state index is -6.04. The summed E-state index contributed by atoms with van der Waals surface area (Å²) in [4.78, 5) is 22.1. The van der Waals surface area contributed by atoms with Crippen LogP contribution < -0.4 is 16.0 Å². The minimum Gasteiger partial charge on any atom is -0.369 e. The molecule has 0 aliphatic heterocycles. The second kappa shape index (κ2) is 10.9. The number of amides is 1. The standard InChI is InChI=1S/C23H27F6N5O2.ClH/c1-12-11-31-20(33-19(12)34(2)3)32-15-7-4-13(5-8-15)16-10-14(18(30)35)6-9-17(16)21(36,22(24,25)26)23(27,28)29;/h6,9-11,13,15,36H,4-5,7-8H2,1-3H3,(H2,30,35)(H,31,32,33);1H. The van der Waals surface area contributed by atoms with E-state index in [1.165, 1.54) is 0 Å². The molecule has 0 spiro atoms. The number of aryl methyl sites for hydroxylation is 1. The van der Waals surface area contributed by atoms with E-state index in [2.05, 4.69) is 15.3 Å². The Hall–Kier alpha value is -2.80. The number of carbonyl (C=O) groups is 1. The third kappa shape index (κ3) is 6.03. The lowest BCUT2D eigenvalue weighted by Crippen LogP contribution is -2.54. The predicted octanol–water partition coefficient (Wildman–Crippen LogP) is 4.82. The summed E-state index contributed by atoms with van der Waals surface area (Å²) in [5.74, 6) is -0.723. The Labute approximate surface area is 215 Å². The Morgan fingerprint density at radius 3 is 2.14 bits per heavy atom. The van der Waals surface area contributed by atoms with Crippen molar-refractivity contribution < 1.29 is 36.2 Å². The van der Waals surface area contributed by atoms with Crippen LogP contribution in [0, 0.1) is 6.92 Å². The lowest BCUT2D eigenvalue weighted by atomic mass is 9.76. The highest BCUT2D eigenvalue weighted by molar-refractivity contribution is 5.93. The molecule has 7 nitrogen and oxygen atoms in total. The van der Waals surface area contributed by atoms with Crippen LogP contribution in [0.2, 0.25) is 0 Å². The van der Waals surface area contributed by atoms with Gasteiger partial charge in [-0.3, -0.25) is 4.79 Å². The number of halogens is 7. The van der Waals surface area contributed by atoms with Crippen LogP contribution in [0.3, 0.4) is 0 Å². The first-order valence-corrected chi connectivity index (χ1v) is 11.1. The number of anilines is 2. The average molecular weight is 556 g/mol. The smallest absolute Gasteiger partial charge is 0.369 e. The number of benzene rings is 1. The molecule has 4 N–H and O–H groups in total. The van der Waals surface area contributed by atoms with E-state index in [4.69, 9.17) is 5.73 Å². The number of primary amides is 1. The second-order valence-electron chi connectivity index (χ2n) is 9.16. The van der Waals surface area contributed by atoms with Crippen LogP contribution in [0.15, 0.2) is 24.4 Å². The van der Waals surface area contributed by atoms with Crippen LogP contribution in [0.25, 0.3) is 0 Å². The normalized spacial score (nSPS) is 18.6. The number of nitrogens with zero attached hydrogens (tertiary/aromatic N) is 3. The van der Waals surface area contributed by atoms with Gasteiger partial charge in [0.05, 0.1) is 0 Å². The number of hydrogen-bond acceptors (Lipinski definition) is 6. The van der Waals surface area contributed by atoms with Crippen molar-refractivity contribution in [3.8, 4) is 0 Å². The molecule has 0 unspecified atom stereocenters. The summed E-state index contributed by atoms with van der Waals surface area (Å²) in [7, 11) is 3.65. The Bertz CT molecular complexity index is 1100. The van der Waals surface area contributed by atoms with Gasteiger partial charge in [-0.1, -0.05) is 6.07 Å². The molecule has 0 radical (unpaired) electrons. The van der Waals surface area contributed by atoms with E-state index in [1.807, 2.05) is 25.9 Å². The van der Waals surface area contributed by atoms with Gasteiger partial charge in [-0.25, -0.2) is 4.98 Å². The van der Waals surface area contributed by atoms with Gasteiger partial charge >= 0.3 is 12.4 Å². The lowest BCUT2D eigenvalue weighted by molar-refractivity contribution is -0.376. The van der Waals surface area contributed by atoms with Crippen LogP contribution in [-0.4, -0.2) is 53.5 Å². The van der Waals surface area contributed by atoms with Crippen molar-refractivity contribution in [1.29, 1.82) is 0 Å². The first-order valence-electron chi connectivity index (χ1n) is 11.1. The number of hydrogen-bond donors (Lipinski definition) is 3. The van der Waals surface area contributed by atoms with Crippen LogP contribution in [0.4, 0.5) is 38.1 Å². The first kappa shape index (κ1) is 30.4. The maximum atomic E-state index is 13.6. The predicted molar refractivity (Wildman–Crippen MR) is 128 cm³/mol. The van der Waals surface area contributed by atoms with Gasteiger partial charge in [0, 0.05) is 43.0 Å². The summed E-state index contributed by atoms with van der Waals surface area (Å²) in [6.07, 6.45) is -9.27. The molecule has 2 aromatic rings. The fourth-order valence-corrected chi connectivity index (χ4v) is 4.54.